The van der Waals surface area contributed by atoms with Crippen molar-refractivity contribution in [2.75, 3.05) is 13.1 Å². The molecule has 0 spiro atoms. The van der Waals surface area contributed by atoms with Crippen molar-refractivity contribution in [3.63, 3.8) is 0 Å². The average molecular weight is 318 g/mol. The molecule has 1 saturated carbocycles. The number of hydrogen-bond donors (Lipinski definition) is 1. The minimum Gasteiger partial charge on any atom is -0.369 e. The summed E-state index contributed by atoms with van der Waals surface area (Å²) in [4.78, 5) is 26.4. The van der Waals surface area contributed by atoms with Crippen molar-refractivity contribution < 1.29 is 14.0 Å². The van der Waals surface area contributed by atoms with E-state index >= 15 is 0 Å². The Morgan fingerprint density at radius 3 is 2.35 bits per heavy atom. The summed E-state index contributed by atoms with van der Waals surface area (Å²) >= 11 is 0. The van der Waals surface area contributed by atoms with Crippen LogP contribution in [0.15, 0.2) is 24.3 Å². The van der Waals surface area contributed by atoms with Crippen LogP contribution in [-0.4, -0.2) is 29.8 Å². The van der Waals surface area contributed by atoms with Crippen LogP contribution in [0, 0.1) is 11.7 Å². The highest BCUT2D eigenvalue weighted by Gasteiger charge is 2.45. The molecule has 2 amide bonds. The van der Waals surface area contributed by atoms with Crippen LogP contribution >= 0.6 is 0 Å². The lowest BCUT2D eigenvalue weighted by Crippen LogP contribution is -2.47. The highest BCUT2D eigenvalue weighted by atomic mass is 19.1. The largest absolute Gasteiger partial charge is 0.369 e. The highest BCUT2D eigenvalue weighted by Crippen LogP contribution is 2.42. The smallest absolute Gasteiger partial charge is 0.233 e. The van der Waals surface area contributed by atoms with Crippen molar-refractivity contribution in [1.82, 2.24) is 4.90 Å². The maximum Gasteiger partial charge on any atom is 0.233 e. The first-order valence-corrected chi connectivity index (χ1v) is 8.38. The normalized spacial score (nSPS) is 23.7. The molecular formula is C18H23FN2O2. The predicted molar refractivity (Wildman–Crippen MR) is 85.0 cm³/mol. The number of likely N-dealkylation sites (tertiary alicyclic amines) is 1. The molecule has 1 aliphatic carbocycles. The van der Waals surface area contributed by atoms with Crippen LogP contribution < -0.4 is 5.73 Å². The first kappa shape index (κ1) is 16.0. The summed E-state index contributed by atoms with van der Waals surface area (Å²) in [7, 11) is 0. The van der Waals surface area contributed by atoms with E-state index in [0.29, 0.717) is 19.5 Å². The fourth-order valence-electron chi connectivity index (χ4n) is 4.03. The Bertz CT molecular complexity index is 594. The molecule has 0 bridgehead atoms. The van der Waals surface area contributed by atoms with E-state index in [2.05, 4.69) is 0 Å². The number of amides is 2. The standard InChI is InChI=1S/C18H23FN2O2/c19-15-6-4-14(5-7-15)18(9-2-1-3-10-18)17(23)21-11-8-13(12-21)16(20)22/h4-7,13H,1-3,8-12H2,(H2,20,22)/t13-/m0/s1. The van der Waals surface area contributed by atoms with E-state index in [4.69, 9.17) is 5.73 Å². The maximum absolute atomic E-state index is 13.3. The SMILES string of the molecule is NC(=O)[C@H]1CCN(C(=O)C2(c3ccc(F)cc3)CCCCC2)C1. The van der Waals surface area contributed by atoms with Crippen LogP contribution in [0.4, 0.5) is 4.39 Å². The molecule has 2 fully saturated rings. The van der Waals surface area contributed by atoms with Gasteiger partial charge in [0.05, 0.1) is 11.3 Å². The van der Waals surface area contributed by atoms with Crippen LogP contribution in [0.3, 0.4) is 0 Å². The number of carbonyl (C=O) groups is 2. The monoisotopic (exact) mass is 318 g/mol. The third-order valence-electron chi connectivity index (χ3n) is 5.39. The molecule has 124 valence electrons. The van der Waals surface area contributed by atoms with Crippen LogP contribution in [0.5, 0.6) is 0 Å². The Morgan fingerprint density at radius 2 is 1.78 bits per heavy atom. The van der Waals surface area contributed by atoms with Gasteiger partial charge in [-0.3, -0.25) is 9.59 Å². The number of primary amides is 1. The Kier molecular flexibility index (Phi) is 4.37. The van der Waals surface area contributed by atoms with E-state index in [1.165, 1.54) is 12.1 Å². The number of rotatable bonds is 3. The zero-order valence-electron chi connectivity index (χ0n) is 13.3. The Labute approximate surface area is 135 Å². The van der Waals surface area contributed by atoms with Gasteiger partial charge >= 0.3 is 0 Å². The number of hydrogen-bond acceptors (Lipinski definition) is 2. The molecular weight excluding hydrogens is 295 g/mol. The number of nitrogens with two attached hydrogens (primary N) is 1. The van der Waals surface area contributed by atoms with Crippen molar-refractivity contribution in [2.45, 2.75) is 43.9 Å². The summed E-state index contributed by atoms with van der Waals surface area (Å²) in [5, 5.41) is 0. The van der Waals surface area contributed by atoms with E-state index in [9.17, 15) is 14.0 Å². The van der Waals surface area contributed by atoms with Gasteiger partial charge in [0.15, 0.2) is 0 Å². The number of carbonyl (C=O) groups excluding carboxylic acids is 2. The third kappa shape index (κ3) is 2.96. The molecule has 1 heterocycles. The van der Waals surface area contributed by atoms with Crippen molar-refractivity contribution in [3.05, 3.63) is 35.6 Å². The van der Waals surface area contributed by atoms with Crippen molar-refractivity contribution in [3.8, 4) is 0 Å². The molecule has 2 N–H and O–H groups in total. The van der Waals surface area contributed by atoms with Crippen molar-refractivity contribution >= 4 is 11.8 Å². The van der Waals surface area contributed by atoms with Gasteiger partial charge in [0.2, 0.25) is 11.8 Å². The van der Waals surface area contributed by atoms with Gasteiger partial charge in [-0.2, -0.15) is 0 Å². The van der Waals surface area contributed by atoms with Gasteiger partial charge < -0.3 is 10.6 Å². The van der Waals surface area contributed by atoms with Gasteiger partial charge in [0.25, 0.3) is 0 Å². The predicted octanol–water partition coefficient (Wildman–Crippen LogP) is 2.36. The minimum atomic E-state index is -0.571. The topological polar surface area (TPSA) is 63.4 Å². The highest BCUT2D eigenvalue weighted by molar-refractivity contribution is 5.89. The summed E-state index contributed by atoms with van der Waals surface area (Å²) in [5.41, 5.74) is 5.70. The van der Waals surface area contributed by atoms with Gasteiger partial charge in [-0.1, -0.05) is 31.4 Å². The molecule has 23 heavy (non-hydrogen) atoms. The zero-order chi connectivity index (χ0) is 16.4. The summed E-state index contributed by atoms with van der Waals surface area (Å²) in [6.07, 6.45) is 5.33. The fourth-order valence-corrected chi connectivity index (χ4v) is 4.03. The molecule has 4 nitrogen and oxygen atoms in total. The van der Waals surface area contributed by atoms with Crippen LogP contribution in [0.25, 0.3) is 0 Å². The van der Waals surface area contributed by atoms with E-state index in [1.54, 1.807) is 17.0 Å². The molecule has 1 aliphatic heterocycles. The summed E-state index contributed by atoms with van der Waals surface area (Å²) in [6.45, 7) is 0.993. The van der Waals surface area contributed by atoms with Crippen LogP contribution in [0.1, 0.15) is 44.1 Å². The molecule has 1 aromatic rings. The van der Waals surface area contributed by atoms with Gasteiger partial charge in [0.1, 0.15) is 5.82 Å². The molecule has 0 unspecified atom stereocenters. The number of halogens is 1. The molecule has 1 atom stereocenters. The summed E-state index contributed by atoms with van der Waals surface area (Å²) < 4.78 is 13.3. The Hall–Kier alpha value is -1.91. The molecule has 2 aliphatic rings. The maximum atomic E-state index is 13.3. The molecule has 1 saturated heterocycles. The average Bonchev–Trinajstić information content (AvgIpc) is 3.05. The van der Waals surface area contributed by atoms with E-state index in [1.807, 2.05) is 0 Å². The zero-order valence-corrected chi connectivity index (χ0v) is 13.3. The lowest BCUT2D eigenvalue weighted by molar-refractivity contribution is -0.138. The second-order valence-corrected chi connectivity index (χ2v) is 6.79. The Morgan fingerprint density at radius 1 is 1.13 bits per heavy atom. The van der Waals surface area contributed by atoms with Gasteiger partial charge in [-0.25, -0.2) is 4.39 Å². The van der Waals surface area contributed by atoms with Crippen LogP contribution in [0.2, 0.25) is 0 Å². The molecule has 0 radical (unpaired) electrons. The quantitative estimate of drug-likeness (QED) is 0.930. The van der Waals surface area contributed by atoms with E-state index in [0.717, 1.165) is 37.7 Å². The minimum absolute atomic E-state index is 0.0764. The Balaban J connectivity index is 1.88. The summed E-state index contributed by atoms with van der Waals surface area (Å²) in [5.74, 6) is -0.790. The first-order valence-electron chi connectivity index (χ1n) is 8.38. The first-order chi connectivity index (χ1) is 11.0. The molecule has 0 aromatic heterocycles. The van der Waals surface area contributed by atoms with Gasteiger partial charge in [-0.05, 0) is 37.0 Å². The van der Waals surface area contributed by atoms with Gasteiger partial charge in [0, 0.05) is 13.1 Å². The third-order valence-corrected chi connectivity index (χ3v) is 5.39. The van der Waals surface area contributed by atoms with Crippen LogP contribution in [-0.2, 0) is 15.0 Å². The molecule has 5 heteroatoms. The second-order valence-electron chi connectivity index (χ2n) is 6.79. The van der Waals surface area contributed by atoms with Gasteiger partial charge in [-0.15, -0.1) is 0 Å². The molecule has 1 aromatic carbocycles. The molecule has 3 rings (SSSR count). The second kappa shape index (κ2) is 6.30. The van der Waals surface area contributed by atoms with E-state index in [-0.39, 0.29) is 23.5 Å². The van der Waals surface area contributed by atoms with Crippen molar-refractivity contribution in [1.29, 1.82) is 0 Å². The fraction of sp³-hybridized carbons (Fsp3) is 0.556. The number of benzene rings is 1. The number of nitrogens with zero attached hydrogens (tertiary/aromatic N) is 1. The lowest BCUT2D eigenvalue weighted by atomic mass is 9.68. The van der Waals surface area contributed by atoms with E-state index < -0.39 is 5.41 Å². The summed E-state index contributed by atoms with van der Waals surface area (Å²) in [6, 6.07) is 6.32. The van der Waals surface area contributed by atoms with Crippen molar-refractivity contribution in [2.24, 2.45) is 11.7 Å². The lowest BCUT2D eigenvalue weighted by Gasteiger charge is -2.39.